The number of hydrogen-bond donors (Lipinski definition) is 2. The van der Waals surface area contributed by atoms with E-state index in [9.17, 15) is 8.42 Å². The minimum atomic E-state index is -3.45. The largest absolute Gasteiger partial charge is 0.308 e. The number of nitrogens with zero attached hydrogens (tertiary/aromatic N) is 2. The maximum Gasteiger partial charge on any atom is 0.243 e. The standard InChI is InChI=1S/C14H22N4O2S/c15-17-14-9-13(5-7-16-14)21(19,20)18-8-6-11-3-1-2-4-12(11)10-18/h5,7,9,11-12H,1-4,6,8,10,15H2,(H,16,17). The fraction of sp³-hybridized carbons (Fsp3) is 0.643. The highest BCUT2D eigenvalue weighted by Crippen LogP contribution is 2.37. The smallest absolute Gasteiger partial charge is 0.243 e. The Labute approximate surface area is 125 Å². The number of nitrogens with two attached hydrogens (primary N) is 1. The van der Waals surface area contributed by atoms with E-state index in [4.69, 9.17) is 5.84 Å². The van der Waals surface area contributed by atoms with Crippen LogP contribution in [0.3, 0.4) is 0 Å². The molecule has 2 heterocycles. The monoisotopic (exact) mass is 310 g/mol. The lowest BCUT2D eigenvalue weighted by Gasteiger charge is -2.40. The molecule has 0 bridgehead atoms. The third kappa shape index (κ3) is 2.90. The van der Waals surface area contributed by atoms with Crippen molar-refractivity contribution in [3.05, 3.63) is 18.3 Å². The molecular formula is C14H22N4O2S. The average Bonchev–Trinajstić information content (AvgIpc) is 2.54. The van der Waals surface area contributed by atoms with E-state index in [1.54, 1.807) is 4.31 Å². The average molecular weight is 310 g/mol. The first-order chi connectivity index (χ1) is 10.1. The first-order valence-electron chi connectivity index (χ1n) is 7.54. The minimum absolute atomic E-state index is 0.264. The molecule has 0 aromatic carbocycles. The van der Waals surface area contributed by atoms with Gasteiger partial charge in [-0.15, -0.1) is 0 Å². The molecule has 2 aliphatic rings. The van der Waals surface area contributed by atoms with Crippen LogP contribution in [0.25, 0.3) is 0 Å². The summed E-state index contributed by atoms with van der Waals surface area (Å²) in [4.78, 5) is 4.23. The first kappa shape index (κ1) is 14.7. The topological polar surface area (TPSA) is 88.3 Å². The highest BCUT2D eigenvalue weighted by molar-refractivity contribution is 7.89. The number of nitrogen functional groups attached to an aromatic ring is 1. The fourth-order valence-electron chi connectivity index (χ4n) is 3.59. The van der Waals surface area contributed by atoms with Gasteiger partial charge in [-0.05, 0) is 30.7 Å². The van der Waals surface area contributed by atoms with E-state index in [-0.39, 0.29) is 4.90 Å². The van der Waals surface area contributed by atoms with Gasteiger partial charge >= 0.3 is 0 Å². The van der Waals surface area contributed by atoms with Gasteiger partial charge in [0.1, 0.15) is 5.82 Å². The van der Waals surface area contributed by atoms with Gasteiger partial charge in [-0.1, -0.05) is 19.3 Å². The maximum absolute atomic E-state index is 12.8. The normalized spacial score (nSPS) is 27.1. The lowest BCUT2D eigenvalue weighted by molar-refractivity contribution is 0.136. The SMILES string of the molecule is NNc1cc(S(=O)(=O)N2CCC3CCCCC3C2)ccn1. The Bertz CT molecular complexity index is 605. The number of nitrogens with one attached hydrogen (secondary N) is 1. The number of aromatic nitrogens is 1. The molecule has 21 heavy (non-hydrogen) atoms. The fourth-order valence-corrected chi connectivity index (χ4v) is 5.11. The van der Waals surface area contributed by atoms with Crippen molar-refractivity contribution in [3.63, 3.8) is 0 Å². The Morgan fingerprint density at radius 3 is 2.76 bits per heavy atom. The van der Waals surface area contributed by atoms with Crippen molar-refractivity contribution in [2.75, 3.05) is 18.5 Å². The van der Waals surface area contributed by atoms with E-state index in [0.717, 1.165) is 12.8 Å². The second-order valence-electron chi connectivity index (χ2n) is 5.98. The van der Waals surface area contributed by atoms with E-state index >= 15 is 0 Å². The van der Waals surface area contributed by atoms with Gasteiger partial charge in [0, 0.05) is 25.4 Å². The van der Waals surface area contributed by atoms with E-state index < -0.39 is 10.0 Å². The zero-order valence-corrected chi connectivity index (χ0v) is 12.8. The van der Waals surface area contributed by atoms with Crippen molar-refractivity contribution in [2.24, 2.45) is 17.7 Å². The van der Waals surface area contributed by atoms with E-state index in [2.05, 4.69) is 10.4 Å². The Morgan fingerprint density at radius 1 is 1.24 bits per heavy atom. The summed E-state index contributed by atoms with van der Waals surface area (Å²) < 4.78 is 27.2. The van der Waals surface area contributed by atoms with Gasteiger partial charge in [-0.2, -0.15) is 4.31 Å². The summed E-state index contributed by atoms with van der Waals surface area (Å²) in [5.74, 6) is 6.91. The molecule has 116 valence electrons. The molecule has 1 aromatic rings. The van der Waals surface area contributed by atoms with Crippen LogP contribution in [0.4, 0.5) is 5.82 Å². The summed E-state index contributed by atoms with van der Waals surface area (Å²) in [6, 6.07) is 3.02. The molecular weight excluding hydrogens is 288 g/mol. The molecule has 6 nitrogen and oxygen atoms in total. The molecule has 1 aliphatic heterocycles. The van der Waals surface area contributed by atoms with Crippen molar-refractivity contribution in [2.45, 2.75) is 37.0 Å². The van der Waals surface area contributed by atoms with Gasteiger partial charge in [0.15, 0.2) is 0 Å². The third-order valence-corrected chi connectivity index (χ3v) is 6.63. The lowest BCUT2D eigenvalue weighted by atomic mass is 9.76. The molecule has 3 N–H and O–H groups in total. The minimum Gasteiger partial charge on any atom is -0.308 e. The van der Waals surface area contributed by atoms with Crippen LogP contribution in [0.5, 0.6) is 0 Å². The molecule has 7 heteroatoms. The second-order valence-corrected chi connectivity index (χ2v) is 7.92. The van der Waals surface area contributed by atoms with Crippen molar-refractivity contribution < 1.29 is 8.42 Å². The Morgan fingerprint density at radius 2 is 2.00 bits per heavy atom. The highest BCUT2D eigenvalue weighted by atomic mass is 32.2. The quantitative estimate of drug-likeness (QED) is 0.653. The number of sulfonamides is 1. The number of fused-ring (bicyclic) bond motifs is 1. The molecule has 1 aromatic heterocycles. The van der Waals surface area contributed by atoms with Crippen molar-refractivity contribution in [1.82, 2.24) is 9.29 Å². The third-order valence-electron chi connectivity index (χ3n) is 4.77. The summed E-state index contributed by atoms with van der Waals surface area (Å²) in [7, 11) is -3.45. The zero-order chi connectivity index (χ0) is 14.9. The molecule has 0 radical (unpaired) electrons. The summed E-state index contributed by atoms with van der Waals surface area (Å²) in [6.45, 7) is 1.28. The van der Waals surface area contributed by atoms with Gasteiger partial charge in [0.05, 0.1) is 4.90 Å². The zero-order valence-electron chi connectivity index (χ0n) is 12.0. The first-order valence-corrected chi connectivity index (χ1v) is 8.98. The second kappa shape index (κ2) is 5.90. The summed E-state index contributed by atoms with van der Waals surface area (Å²) >= 11 is 0. The summed E-state index contributed by atoms with van der Waals surface area (Å²) in [5.41, 5.74) is 2.39. The molecule has 0 spiro atoms. The maximum atomic E-state index is 12.8. The molecule has 3 rings (SSSR count). The van der Waals surface area contributed by atoms with Crippen LogP contribution in [0.2, 0.25) is 0 Å². The molecule has 2 fully saturated rings. The van der Waals surface area contributed by atoms with Crippen LogP contribution >= 0.6 is 0 Å². The number of rotatable bonds is 3. The van der Waals surface area contributed by atoms with Crippen LogP contribution < -0.4 is 11.3 Å². The number of hydrogen-bond acceptors (Lipinski definition) is 5. The van der Waals surface area contributed by atoms with Crippen LogP contribution in [0.1, 0.15) is 32.1 Å². The lowest BCUT2D eigenvalue weighted by Crippen LogP contribution is -2.44. The predicted octanol–water partition coefficient (Wildman–Crippen LogP) is 1.57. The van der Waals surface area contributed by atoms with Crippen LogP contribution in [-0.4, -0.2) is 30.8 Å². The number of anilines is 1. The van der Waals surface area contributed by atoms with Crippen LogP contribution in [-0.2, 0) is 10.0 Å². The van der Waals surface area contributed by atoms with E-state index in [1.165, 1.54) is 37.6 Å². The summed E-state index contributed by atoms with van der Waals surface area (Å²) in [5, 5.41) is 0. The number of pyridine rings is 1. The van der Waals surface area contributed by atoms with Gasteiger partial charge in [0.25, 0.3) is 0 Å². The van der Waals surface area contributed by atoms with Crippen LogP contribution in [0, 0.1) is 11.8 Å². The van der Waals surface area contributed by atoms with Crippen LogP contribution in [0.15, 0.2) is 23.2 Å². The van der Waals surface area contributed by atoms with Gasteiger partial charge in [0.2, 0.25) is 10.0 Å². The summed E-state index contributed by atoms with van der Waals surface area (Å²) in [6.07, 6.45) is 7.39. The van der Waals surface area contributed by atoms with Crippen molar-refractivity contribution >= 4 is 15.8 Å². The number of piperidine rings is 1. The Hall–Kier alpha value is -1.18. The Kier molecular flexibility index (Phi) is 4.14. The molecule has 0 amide bonds. The van der Waals surface area contributed by atoms with Crippen molar-refractivity contribution in [1.29, 1.82) is 0 Å². The molecule has 2 atom stereocenters. The molecule has 2 unspecified atom stereocenters. The van der Waals surface area contributed by atoms with Gasteiger partial charge in [-0.25, -0.2) is 19.2 Å². The van der Waals surface area contributed by atoms with E-state index in [1.807, 2.05) is 0 Å². The molecule has 1 aliphatic carbocycles. The van der Waals surface area contributed by atoms with Gasteiger partial charge < -0.3 is 5.43 Å². The highest BCUT2D eigenvalue weighted by Gasteiger charge is 2.36. The predicted molar refractivity (Wildman–Crippen MR) is 80.9 cm³/mol. The Balaban J connectivity index is 1.81. The number of hydrazine groups is 1. The van der Waals surface area contributed by atoms with E-state index in [0.29, 0.717) is 30.7 Å². The van der Waals surface area contributed by atoms with Crippen molar-refractivity contribution in [3.8, 4) is 0 Å². The molecule has 1 saturated carbocycles. The molecule has 1 saturated heterocycles. The van der Waals surface area contributed by atoms with Gasteiger partial charge in [-0.3, -0.25) is 0 Å².